The molecule has 0 aromatic rings. The molecule has 0 aromatic heterocycles. The van der Waals surface area contributed by atoms with Crippen molar-refractivity contribution in [2.45, 2.75) is 51.6 Å². The van der Waals surface area contributed by atoms with Crippen molar-refractivity contribution in [2.75, 3.05) is 0 Å². The standard InChI is InChI=1S/C14H22N2O6/c1-7(15)11(17)21-13(19)9-5-3-4-6-10(9)14(20)22-12(18)8(2)16/h7-10H,3-6,15-16H2,1-2H3/t7?,8?,9-,10+. The van der Waals surface area contributed by atoms with Gasteiger partial charge in [0.1, 0.15) is 12.1 Å². The van der Waals surface area contributed by atoms with E-state index in [9.17, 15) is 19.2 Å². The molecule has 1 fully saturated rings. The number of ether oxygens (including phenoxy) is 2. The fourth-order valence-electron chi connectivity index (χ4n) is 2.23. The normalized spacial score (nSPS) is 24.0. The summed E-state index contributed by atoms with van der Waals surface area (Å²) < 4.78 is 9.33. The molecule has 1 aliphatic rings. The van der Waals surface area contributed by atoms with E-state index in [-0.39, 0.29) is 0 Å². The Morgan fingerprint density at radius 3 is 1.41 bits per heavy atom. The lowest BCUT2D eigenvalue weighted by Gasteiger charge is -2.27. The molecule has 124 valence electrons. The quantitative estimate of drug-likeness (QED) is 0.529. The molecule has 0 amide bonds. The Labute approximate surface area is 128 Å². The lowest BCUT2D eigenvalue weighted by Crippen LogP contribution is -2.40. The van der Waals surface area contributed by atoms with Crippen molar-refractivity contribution in [3.8, 4) is 0 Å². The third kappa shape index (κ3) is 4.88. The van der Waals surface area contributed by atoms with Gasteiger partial charge in [-0.15, -0.1) is 0 Å². The van der Waals surface area contributed by atoms with Gasteiger partial charge < -0.3 is 20.9 Å². The molecule has 0 bridgehead atoms. The zero-order valence-corrected chi connectivity index (χ0v) is 12.7. The number of esters is 4. The van der Waals surface area contributed by atoms with Crippen LogP contribution in [0.15, 0.2) is 0 Å². The van der Waals surface area contributed by atoms with Gasteiger partial charge >= 0.3 is 23.9 Å². The Morgan fingerprint density at radius 2 is 1.14 bits per heavy atom. The van der Waals surface area contributed by atoms with Crippen molar-refractivity contribution < 1.29 is 28.7 Å². The van der Waals surface area contributed by atoms with Crippen molar-refractivity contribution in [1.29, 1.82) is 0 Å². The summed E-state index contributed by atoms with van der Waals surface area (Å²) in [6, 6.07) is -1.87. The molecule has 8 heteroatoms. The van der Waals surface area contributed by atoms with Crippen LogP contribution < -0.4 is 11.5 Å². The number of nitrogens with two attached hydrogens (primary N) is 2. The van der Waals surface area contributed by atoms with E-state index in [4.69, 9.17) is 11.5 Å². The number of carbonyl (C=O) groups is 4. The maximum Gasteiger partial charge on any atom is 0.330 e. The monoisotopic (exact) mass is 314 g/mol. The first-order chi connectivity index (χ1) is 10.2. The zero-order valence-electron chi connectivity index (χ0n) is 12.7. The van der Waals surface area contributed by atoms with Crippen LogP contribution in [0.25, 0.3) is 0 Å². The smallest absolute Gasteiger partial charge is 0.330 e. The highest BCUT2D eigenvalue weighted by molar-refractivity contribution is 5.94. The predicted molar refractivity (Wildman–Crippen MR) is 74.9 cm³/mol. The van der Waals surface area contributed by atoms with Gasteiger partial charge in [0.15, 0.2) is 0 Å². The van der Waals surface area contributed by atoms with Gasteiger partial charge in [-0.1, -0.05) is 12.8 Å². The number of hydrogen-bond donors (Lipinski definition) is 2. The van der Waals surface area contributed by atoms with E-state index in [1.165, 1.54) is 13.8 Å². The van der Waals surface area contributed by atoms with E-state index < -0.39 is 47.8 Å². The summed E-state index contributed by atoms with van der Waals surface area (Å²) >= 11 is 0. The van der Waals surface area contributed by atoms with Crippen molar-refractivity contribution in [1.82, 2.24) is 0 Å². The summed E-state index contributed by atoms with van der Waals surface area (Å²) in [6.07, 6.45) is 2.21. The van der Waals surface area contributed by atoms with Crippen molar-refractivity contribution >= 4 is 23.9 Å². The summed E-state index contributed by atoms with van der Waals surface area (Å²) in [4.78, 5) is 46.8. The minimum Gasteiger partial charge on any atom is -0.392 e. The summed E-state index contributed by atoms with van der Waals surface area (Å²) in [5.41, 5.74) is 10.7. The molecule has 0 spiro atoms. The van der Waals surface area contributed by atoms with Crippen LogP contribution in [0.4, 0.5) is 0 Å². The Hall–Kier alpha value is -1.80. The minimum absolute atomic E-state index is 0.386. The molecule has 1 saturated carbocycles. The summed E-state index contributed by atoms with van der Waals surface area (Å²) in [6.45, 7) is 2.78. The van der Waals surface area contributed by atoms with Crippen LogP contribution in [-0.2, 0) is 28.7 Å². The number of hydrogen-bond acceptors (Lipinski definition) is 8. The first-order valence-corrected chi connectivity index (χ1v) is 7.26. The Balaban J connectivity index is 2.74. The van der Waals surface area contributed by atoms with E-state index in [1.54, 1.807) is 0 Å². The zero-order chi connectivity index (χ0) is 16.9. The van der Waals surface area contributed by atoms with E-state index in [0.29, 0.717) is 12.8 Å². The summed E-state index contributed by atoms with van der Waals surface area (Å²) in [7, 11) is 0. The fraction of sp³-hybridized carbons (Fsp3) is 0.714. The molecule has 1 rings (SSSR count). The molecular formula is C14H22N2O6. The molecule has 0 aromatic carbocycles. The predicted octanol–water partition coefficient (Wildman–Crippen LogP) is -0.373. The van der Waals surface area contributed by atoms with Gasteiger partial charge in [0, 0.05) is 0 Å². The molecule has 0 aliphatic heterocycles. The van der Waals surface area contributed by atoms with Crippen molar-refractivity contribution in [2.24, 2.45) is 23.3 Å². The van der Waals surface area contributed by atoms with Gasteiger partial charge in [-0.05, 0) is 26.7 Å². The molecule has 0 radical (unpaired) electrons. The van der Waals surface area contributed by atoms with E-state index in [0.717, 1.165) is 12.8 Å². The largest absolute Gasteiger partial charge is 0.392 e. The molecule has 22 heavy (non-hydrogen) atoms. The van der Waals surface area contributed by atoms with Gasteiger partial charge in [0.25, 0.3) is 0 Å². The highest BCUT2D eigenvalue weighted by Gasteiger charge is 2.39. The van der Waals surface area contributed by atoms with Gasteiger partial charge in [-0.2, -0.15) is 0 Å². The number of rotatable bonds is 4. The highest BCUT2D eigenvalue weighted by Crippen LogP contribution is 2.32. The second-order valence-electron chi connectivity index (χ2n) is 5.56. The molecule has 8 nitrogen and oxygen atoms in total. The minimum atomic E-state index is -0.933. The van der Waals surface area contributed by atoms with Crippen LogP contribution in [0.2, 0.25) is 0 Å². The third-order valence-electron chi connectivity index (χ3n) is 3.52. The van der Waals surface area contributed by atoms with Crippen LogP contribution in [0.1, 0.15) is 39.5 Å². The average molecular weight is 314 g/mol. The fourth-order valence-corrected chi connectivity index (χ4v) is 2.23. The lowest BCUT2D eigenvalue weighted by atomic mass is 9.79. The Bertz CT molecular complexity index is 418. The van der Waals surface area contributed by atoms with Gasteiger partial charge in [0.05, 0.1) is 11.8 Å². The maximum absolute atomic E-state index is 12.0. The van der Waals surface area contributed by atoms with Crippen LogP contribution in [-0.4, -0.2) is 36.0 Å². The molecule has 0 heterocycles. The summed E-state index contributed by atoms with van der Waals surface area (Å²) in [5.74, 6) is -4.95. The van der Waals surface area contributed by atoms with Crippen molar-refractivity contribution in [3.63, 3.8) is 0 Å². The molecular weight excluding hydrogens is 292 g/mol. The van der Waals surface area contributed by atoms with Gasteiger partial charge in [0.2, 0.25) is 0 Å². The first-order valence-electron chi connectivity index (χ1n) is 7.26. The SMILES string of the molecule is CC(N)C(=O)OC(=O)[C@H]1CCCC[C@H]1C(=O)OC(=O)C(C)N. The van der Waals surface area contributed by atoms with E-state index in [1.807, 2.05) is 0 Å². The Morgan fingerprint density at radius 1 is 0.818 bits per heavy atom. The van der Waals surface area contributed by atoms with Crippen LogP contribution in [0.5, 0.6) is 0 Å². The Kier molecular flexibility index (Phi) is 6.63. The highest BCUT2D eigenvalue weighted by atomic mass is 16.6. The van der Waals surface area contributed by atoms with Crippen LogP contribution in [0.3, 0.4) is 0 Å². The van der Waals surface area contributed by atoms with E-state index in [2.05, 4.69) is 9.47 Å². The maximum atomic E-state index is 12.0. The number of carbonyl (C=O) groups excluding carboxylic acids is 4. The lowest BCUT2D eigenvalue weighted by molar-refractivity contribution is -0.174. The molecule has 4 N–H and O–H groups in total. The van der Waals surface area contributed by atoms with Crippen molar-refractivity contribution in [3.05, 3.63) is 0 Å². The molecule has 0 saturated heterocycles. The van der Waals surface area contributed by atoms with Crippen LogP contribution in [0, 0.1) is 11.8 Å². The molecule has 4 atom stereocenters. The molecule has 1 aliphatic carbocycles. The van der Waals surface area contributed by atoms with Gasteiger partial charge in [-0.25, -0.2) is 9.59 Å². The summed E-state index contributed by atoms with van der Waals surface area (Å²) in [5, 5.41) is 0. The topological polar surface area (TPSA) is 139 Å². The first kappa shape index (κ1) is 18.2. The third-order valence-corrected chi connectivity index (χ3v) is 3.52. The van der Waals surface area contributed by atoms with E-state index >= 15 is 0 Å². The second-order valence-corrected chi connectivity index (χ2v) is 5.56. The second kappa shape index (κ2) is 8.00. The van der Waals surface area contributed by atoms with Crippen LogP contribution >= 0.6 is 0 Å². The average Bonchev–Trinajstić information content (AvgIpc) is 2.46. The van der Waals surface area contributed by atoms with Gasteiger partial charge in [-0.3, -0.25) is 9.59 Å². The molecule has 2 unspecified atom stereocenters.